The number of anilines is 1. The molecule has 0 heterocycles. The van der Waals surface area contributed by atoms with E-state index in [1.165, 1.54) is 0 Å². The number of likely N-dealkylation sites (N-methyl/N-ethyl adjacent to an activating group) is 1. The summed E-state index contributed by atoms with van der Waals surface area (Å²) >= 11 is 3.34. The van der Waals surface area contributed by atoms with E-state index in [4.69, 9.17) is 0 Å². The third-order valence-electron chi connectivity index (χ3n) is 2.10. The summed E-state index contributed by atoms with van der Waals surface area (Å²) in [5.74, 6) is -0.0914. The highest BCUT2D eigenvalue weighted by atomic mass is 79.9. The highest BCUT2D eigenvalue weighted by Gasteiger charge is 2.08. The number of benzene rings is 1. The number of halogens is 1. The molecule has 94 valence electrons. The fourth-order valence-electron chi connectivity index (χ4n) is 1.53. The Balaban J connectivity index is 2.44. The Kier molecular flexibility index (Phi) is 5.61. The number of carbonyl (C=O) groups is 1. The molecule has 2 N–H and O–H groups in total. The van der Waals surface area contributed by atoms with Gasteiger partial charge in [0.2, 0.25) is 5.91 Å². The van der Waals surface area contributed by atoms with Crippen LogP contribution in [0, 0.1) is 0 Å². The standard InChI is InChI=1S/C12H17BrN2O2/c1-9(16)7-15(2)8-12(17)14-11-5-3-4-10(13)6-11/h3-6,9,16H,7-8H2,1-2H3,(H,14,17). The summed E-state index contributed by atoms with van der Waals surface area (Å²) in [6, 6.07) is 7.43. The van der Waals surface area contributed by atoms with E-state index < -0.39 is 6.10 Å². The van der Waals surface area contributed by atoms with Crippen LogP contribution in [-0.2, 0) is 4.79 Å². The SMILES string of the molecule is CC(O)CN(C)CC(=O)Nc1cccc(Br)c1. The van der Waals surface area contributed by atoms with Crippen molar-refractivity contribution in [3.05, 3.63) is 28.7 Å². The second-order valence-corrected chi connectivity index (χ2v) is 5.02. The lowest BCUT2D eigenvalue weighted by molar-refractivity contribution is -0.117. The van der Waals surface area contributed by atoms with Crippen LogP contribution >= 0.6 is 15.9 Å². The van der Waals surface area contributed by atoms with E-state index in [0.717, 1.165) is 10.2 Å². The fourth-order valence-corrected chi connectivity index (χ4v) is 1.93. The molecule has 1 aromatic carbocycles. The predicted molar refractivity (Wildman–Crippen MR) is 71.9 cm³/mol. The molecule has 0 aromatic heterocycles. The molecule has 0 fully saturated rings. The molecule has 5 heteroatoms. The van der Waals surface area contributed by atoms with E-state index in [1.807, 2.05) is 24.3 Å². The molecule has 0 radical (unpaired) electrons. The van der Waals surface area contributed by atoms with Gasteiger partial charge in [-0.2, -0.15) is 0 Å². The van der Waals surface area contributed by atoms with Crippen LogP contribution in [0.15, 0.2) is 28.7 Å². The third kappa shape index (κ3) is 5.81. The summed E-state index contributed by atoms with van der Waals surface area (Å²) in [7, 11) is 1.80. The molecule has 17 heavy (non-hydrogen) atoms. The maximum Gasteiger partial charge on any atom is 0.238 e. The maximum atomic E-state index is 11.7. The van der Waals surface area contributed by atoms with Gasteiger partial charge in [0.25, 0.3) is 0 Å². The summed E-state index contributed by atoms with van der Waals surface area (Å²) in [6.45, 7) is 2.44. The van der Waals surface area contributed by atoms with E-state index in [2.05, 4.69) is 21.2 Å². The first-order valence-electron chi connectivity index (χ1n) is 5.39. The van der Waals surface area contributed by atoms with Crippen LogP contribution in [0.4, 0.5) is 5.69 Å². The van der Waals surface area contributed by atoms with Crippen LogP contribution in [-0.4, -0.2) is 42.2 Å². The van der Waals surface area contributed by atoms with Gasteiger partial charge in [0, 0.05) is 16.7 Å². The van der Waals surface area contributed by atoms with Crippen molar-refractivity contribution in [2.45, 2.75) is 13.0 Å². The number of nitrogens with one attached hydrogen (secondary N) is 1. The molecule has 1 amide bonds. The quantitative estimate of drug-likeness (QED) is 0.870. The largest absolute Gasteiger partial charge is 0.392 e. The first kappa shape index (κ1) is 14.2. The number of amides is 1. The monoisotopic (exact) mass is 300 g/mol. The molecular formula is C12H17BrN2O2. The van der Waals surface area contributed by atoms with Crippen LogP contribution in [0.5, 0.6) is 0 Å². The van der Waals surface area contributed by atoms with Gasteiger partial charge in [-0.15, -0.1) is 0 Å². The number of aliphatic hydroxyl groups excluding tert-OH is 1. The van der Waals surface area contributed by atoms with Gasteiger partial charge in [0.05, 0.1) is 12.6 Å². The number of rotatable bonds is 5. The molecule has 1 unspecified atom stereocenters. The molecule has 0 bridgehead atoms. The Labute approximate surface area is 110 Å². The van der Waals surface area contributed by atoms with Gasteiger partial charge in [-0.25, -0.2) is 0 Å². The normalized spacial score (nSPS) is 12.5. The van der Waals surface area contributed by atoms with Gasteiger partial charge in [0.1, 0.15) is 0 Å². The van der Waals surface area contributed by atoms with Crippen LogP contribution in [0.25, 0.3) is 0 Å². The summed E-state index contributed by atoms with van der Waals surface area (Å²) in [6.07, 6.45) is -0.432. The van der Waals surface area contributed by atoms with E-state index in [9.17, 15) is 9.90 Å². The van der Waals surface area contributed by atoms with Crippen molar-refractivity contribution in [2.75, 3.05) is 25.5 Å². The van der Waals surface area contributed by atoms with Gasteiger partial charge >= 0.3 is 0 Å². The van der Waals surface area contributed by atoms with Crippen LogP contribution in [0.3, 0.4) is 0 Å². The van der Waals surface area contributed by atoms with Gasteiger partial charge < -0.3 is 10.4 Å². The summed E-state index contributed by atoms with van der Waals surface area (Å²) < 4.78 is 0.924. The molecule has 1 atom stereocenters. The smallest absolute Gasteiger partial charge is 0.238 e. The van der Waals surface area contributed by atoms with Gasteiger partial charge in [-0.05, 0) is 32.2 Å². The van der Waals surface area contributed by atoms with Gasteiger partial charge in [0.15, 0.2) is 0 Å². The van der Waals surface area contributed by atoms with E-state index >= 15 is 0 Å². The van der Waals surface area contributed by atoms with Crippen LogP contribution in [0.2, 0.25) is 0 Å². The van der Waals surface area contributed by atoms with Crippen molar-refractivity contribution in [1.29, 1.82) is 0 Å². The van der Waals surface area contributed by atoms with E-state index in [0.29, 0.717) is 6.54 Å². The number of aliphatic hydroxyl groups is 1. The lowest BCUT2D eigenvalue weighted by Crippen LogP contribution is -2.34. The minimum absolute atomic E-state index is 0.0914. The first-order chi connectivity index (χ1) is 7.97. The number of hydrogen-bond acceptors (Lipinski definition) is 3. The molecule has 0 aliphatic rings. The first-order valence-corrected chi connectivity index (χ1v) is 6.18. The fraction of sp³-hybridized carbons (Fsp3) is 0.417. The lowest BCUT2D eigenvalue weighted by Gasteiger charge is -2.17. The molecule has 4 nitrogen and oxygen atoms in total. The lowest BCUT2D eigenvalue weighted by atomic mass is 10.3. The highest BCUT2D eigenvalue weighted by Crippen LogP contribution is 2.15. The molecular weight excluding hydrogens is 284 g/mol. The number of nitrogens with zero attached hydrogens (tertiary/aromatic N) is 1. The van der Waals surface area contributed by atoms with Crippen molar-refractivity contribution in [3.63, 3.8) is 0 Å². The zero-order valence-electron chi connectivity index (χ0n) is 9.98. The second-order valence-electron chi connectivity index (χ2n) is 4.10. The van der Waals surface area contributed by atoms with E-state index in [-0.39, 0.29) is 12.5 Å². The molecule has 0 saturated carbocycles. The molecule has 1 aromatic rings. The van der Waals surface area contributed by atoms with Crippen molar-refractivity contribution >= 4 is 27.5 Å². The average molecular weight is 301 g/mol. The van der Waals surface area contributed by atoms with Crippen molar-refractivity contribution in [1.82, 2.24) is 4.90 Å². The topological polar surface area (TPSA) is 52.6 Å². The zero-order chi connectivity index (χ0) is 12.8. The Morgan fingerprint density at radius 2 is 2.29 bits per heavy atom. The van der Waals surface area contributed by atoms with Crippen LogP contribution < -0.4 is 5.32 Å². The molecule has 0 aliphatic carbocycles. The average Bonchev–Trinajstić information content (AvgIpc) is 2.14. The van der Waals surface area contributed by atoms with Crippen molar-refractivity contribution < 1.29 is 9.90 Å². The second kappa shape index (κ2) is 6.74. The number of hydrogen-bond donors (Lipinski definition) is 2. The molecule has 0 saturated heterocycles. The predicted octanol–water partition coefficient (Wildman–Crippen LogP) is 1.70. The van der Waals surface area contributed by atoms with Crippen molar-refractivity contribution in [2.24, 2.45) is 0 Å². The zero-order valence-corrected chi connectivity index (χ0v) is 11.6. The Bertz CT molecular complexity index is 383. The minimum atomic E-state index is -0.432. The minimum Gasteiger partial charge on any atom is -0.392 e. The summed E-state index contributed by atoms with van der Waals surface area (Å²) in [5.41, 5.74) is 0.759. The van der Waals surface area contributed by atoms with E-state index in [1.54, 1.807) is 18.9 Å². The summed E-state index contributed by atoms with van der Waals surface area (Å²) in [4.78, 5) is 13.4. The number of carbonyl (C=O) groups excluding carboxylic acids is 1. The maximum absolute atomic E-state index is 11.7. The van der Waals surface area contributed by atoms with Crippen LogP contribution in [0.1, 0.15) is 6.92 Å². The summed E-state index contributed by atoms with van der Waals surface area (Å²) in [5, 5.41) is 12.0. The highest BCUT2D eigenvalue weighted by molar-refractivity contribution is 9.10. The molecule has 0 spiro atoms. The van der Waals surface area contributed by atoms with Crippen molar-refractivity contribution in [3.8, 4) is 0 Å². The molecule has 1 rings (SSSR count). The van der Waals surface area contributed by atoms with Gasteiger partial charge in [-0.3, -0.25) is 9.69 Å². The Hall–Kier alpha value is -0.910. The molecule has 0 aliphatic heterocycles. The third-order valence-corrected chi connectivity index (χ3v) is 2.59. The Morgan fingerprint density at radius 1 is 1.59 bits per heavy atom. The Morgan fingerprint density at radius 3 is 2.88 bits per heavy atom. The van der Waals surface area contributed by atoms with Gasteiger partial charge in [-0.1, -0.05) is 22.0 Å².